The van der Waals surface area contributed by atoms with E-state index in [0.29, 0.717) is 6.61 Å². The molecule has 2 aromatic carbocycles. The Morgan fingerprint density at radius 2 is 1.96 bits per heavy atom. The fourth-order valence-electron chi connectivity index (χ4n) is 2.56. The average molecular weight is 335 g/mol. The van der Waals surface area contributed by atoms with E-state index in [0.717, 1.165) is 28.0 Å². The summed E-state index contributed by atoms with van der Waals surface area (Å²) in [6, 6.07) is 17.1. The number of ether oxygens (including phenoxy) is 1. The van der Waals surface area contributed by atoms with Crippen LogP contribution in [0, 0.1) is 0 Å². The zero-order chi connectivity index (χ0) is 17.6. The predicted molar refractivity (Wildman–Crippen MR) is 99.4 cm³/mol. The summed E-state index contributed by atoms with van der Waals surface area (Å²) in [5, 5.41) is 3.95. The summed E-state index contributed by atoms with van der Waals surface area (Å²) in [7, 11) is 0. The highest BCUT2D eigenvalue weighted by Crippen LogP contribution is 2.23. The normalized spacial score (nSPS) is 12.4. The molecule has 4 heteroatoms. The van der Waals surface area contributed by atoms with Crippen molar-refractivity contribution in [3.63, 3.8) is 0 Å². The lowest BCUT2D eigenvalue weighted by Crippen LogP contribution is -2.24. The maximum absolute atomic E-state index is 12.1. The van der Waals surface area contributed by atoms with Gasteiger partial charge in [-0.15, -0.1) is 0 Å². The van der Waals surface area contributed by atoms with Crippen LogP contribution in [0.3, 0.4) is 0 Å². The average Bonchev–Trinajstić information content (AvgIpc) is 3.06. The van der Waals surface area contributed by atoms with Crippen LogP contribution in [0.1, 0.15) is 31.2 Å². The van der Waals surface area contributed by atoms with Crippen LogP contribution in [0.5, 0.6) is 5.75 Å². The topological polar surface area (TPSA) is 51.5 Å². The summed E-state index contributed by atoms with van der Waals surface area (Å²) in [6.07, 6.45) is 3.30. The Kier molecular flexibility index (Phi) is 5.19. The van der Waals surface area contributed by atoms with Crippen LogP contribution in [0.2, 0.25) is 0 Å². The second-order valence-corrected chi connectivity index (χ2v) is 5.75. The van der Waals surface area contributed by atoms with Gasteiger partial charge in [-0.1, -0.05) is 30.3 Å². The lowest BCUT2D eigenvalue weighted by atomic mass is 10.2. The van der Waals surface area contributed by atoms with E-state index in [-0.39, 0.29) is 11.9 Å². The largest absolute Gasteiger partial charge is 0.494 e. The molecule has 0 aliphatic carbocycles. The zero-order valence-electron chi connectivity index (χ0n) is 14.4. The molecule has 25 heavy (non-hydrogen) atoms. The van der Waals surface area contributed by atoms with Crippen LogP contribution in [0.25, 0.3) is 17.0 Å². The fraction of sp³-hybridized carbons (Fsp3) is 0.190. The van der Waals surface area contributed by atoms with E-state index in [1.165, 1.54) is 6.08 Å². The minimum absolute atomic E-state index is 0.165. The SMILES string of the molecule is CCOc1ccc(/C=C/C(=O)N[C@H](C)c2cc3ccccc3o2)cc1. The molecule has 0 saturated carbocycles. The number of fused-ring (bicyclic) bond motifs is 1. The number of hydrogen-bond acceptors (Lipinski definition) is 3. The number of amides is 1. The van der Waals surface area contributed by atoms with Gasteiger partial charge in [0.25, 0.3) is 0 Å². The van der Waals surface area contributed by atoms with E-state index in [4.69, 9.17) is 9.15 Å². The van der Waals surface area contributed by atoms with Crippen LogP contribution in [0.4, 0.5) is 0 Å². The lowest BCUT2D eigenvalue weighted by Gasteiger charge is -2.09. The number of para-hydroxylation sites is 1. The molecule has 0 saturated heterocycles. The number of nitrogens with one attached hydrogen (secondary N) is 1. The smallest absolute Gasteiger partial charge is 0.244 e. The molecule has 1 amide bonds. The van der Waals surface area contributed by atoms with Crippen molar-refractivity contribution in [2.24, 2.45) is 0 Å². The molecule has 3 aromatic rings. The van der Waals surface area contributed by atoms with Gasteiger partial charge in [-0.2, -0.15) is 0 Å². The molecule has 1 aromatic heterocycles. The molecule has 4 nitrogen and oxygen atoms in total. The number of benzene rings is 2. The van der Waals surface area contributed by atoms with Gasteiger partial charge in [-0.05, 0) is 49.8 Å². The quantitative estimate of drug-likeness (QED) is 0.663. The maximum Gasteiger partial charge on any atom is 0.244 e. The van der Waals surface area contributed by atoms with Crippen molar-refractivity contribution in [2.75, 3.05) is 6.61 Å². The molecule has 0 fully saturated rings. The first-order valence-electron chi connectivity index (χ1n) is 8.35. The minimum atomic E-state index is -0.204. The lowest BCUT2D eigenvalue weighted by molar-refractivity contribution is -0.117. The Morgan fingerprint density at radius 3 is 2.68 bits per heavy atom. The van der Waals surface area contributed by atoms with Gasteiger partial charge in [0.2, 0.25) is 5.91 Å². The Morgan fingerprint density at radius 1 is 1.20 bits per heavy atom. The fourth-order valence-corrected chi connectivity index (χ4v) is 2.56. The number of carbonyl (C=O) groups is 1. The molecular formula is C21H21NO3. The molecule has 128 valence electrons. The second kappa shape index (κ2) is 7.71. The molecular weight excluding hydrogens is 314 g/mol. The van der Waals surface area contributed by atoms with Crippen molar-refractivity contribution >= 4 is 23.0 Å². The second-order valence-electron chi connectivity index (χ2n) is 5.75. The third-order valence-corrected chi connectivity index (χ3v) is 3.85. The molecule has 0 spiro atoms. The van der Waals surface area contributed by atoms with Crippen LogP contribution >= 0.6 is 0 Å². The standard InChI is InChI=1S/C21H21NO3/c1-3-24-18-11-8-16(9-12-18)10-13-21(23)22-15(2)20-14-17-6-4-5-7-19(17)25-20/h4-15H,3H2,1-2H3,(H,22,23)/b13-10+/t15-/m1/s1. The number of hydrogen-bond donors (Lipinski definition) is 1. The van der Waals surface area contributed by atoms with Gasteiger partial charge in [-0.3, -0.25) is 4.79 Å². The Hall–Kier alpha value is -3.01. The Labute approximate surface area is 147 Å². The molecule has 1 heterocycles. The number of rotatable bonds is 6. The van der Waals surface area contributed by atoms with Gasteiger partial charge in [0.1, 0.15) is 17.1 Å². The molecule has 1 atom stereocenters. The van der Waals surface area contributed by atoms with Crippen LogP contribution in [-0.4, -0.2) is 12.5 Å². The van der Waals surface area contributed by atoms with Gasteiger partial charge in [0, 0.05) is 11.5 Å². The van der Waals surface area contributed by atoms with Crippen molar-refractivity contribution in [1.82, 2.24) is 5.32 Å². The highest BCUT2D eigenvalue weighted by molar-refractivity contribution is 5.92. The van der Waals surface area contributed by atoms with Crippen molar-refractivity contribution in [3.8, 4) is 5.75 Å². The monoisotopic (exact) mass is 335 g/mol. The summed E-state index contributed by atoms with van der Waals surface area (Å²) in [5.74, 6) is 1.40. The highest BCUT2D eigenvalue weighted by Gasteiger charge is 2.12. The third-order valence-electron chi connectivity index (χ3n) is 3.85. The first-order valence-corrected chi connectivity index (χ1v) is 8.35. The van der Waals surface area contributed by atoms with Crippen LogP contribution in [-0.2, 0) is 4.79 Å². The summed E-state index contributed by atoms with van der Waals surface area (Å²) >= 11 is 0. The van der Waals surface area contributed by atoms with Crippen LogP contribution in [0.15, 0.2) is 65.1 Å². The molecule has 0 radical (unpaired) electrons. The van der Waals surface area contributed by atoms with Gasteiger partial charge in [0.05, 0.1) is 12.6 Å². The van der Waals surface area contributed by atoms with Crippen molar-refractivity contribution in [1.29, 1.82) is 0 Å². The van der Waals surface area contributed by atoms with Gasteiger partial charge in [-0.25, -0.2) is 0 Å². The van der Waals surface area contributed by atoms with Gasteiger partial charge < -0.3 is 14.5 Å². The number of carbonyl (C=O) groups excluding carboxylic acids is 1. The molecule has 3 rings (SSSR count). The van der Waals surface area contributed by atoms with Crippen molar-refractivity contribution in [2.45, 2.75) is 19.9 Å². The predicted octanol–water partition coefficient (Wildman–Crippen LogP) is 4.72. The van der Waals surface area contributed by atoms with Crippen molar-refractivity contribution < 1.29 is 13.9 Å². The summed E-state index contributed by atoms with van der Waals surface area (Å²) in [5.41, 5.74) is 1.76. The summed E-state index contributed by atoms with van der Waals surface area (Å²) < 4.78 is 11.2. The van der Waals surface area contributed by atoms with E-state index in [2.05, 4.69) is 5.32 Å². The Bertz CT molecular complexity index is 845. The van der Waals surface area contributed by atoms with E-state index in [9.17, 15) is 4.79 Å². The van der Waals surface area contributed by atoms with E-state index < -0.39 is 0 Å². The third kappa shape index (κ3) is 4.29. The summed E-state index contributed by atoms with van der Waals surface area (Å²) in [4.78, 5) is 12.1. The molecule has 1 N–H and O–H groups in total. The number of furan rings is 1. The molecule has 0 unspecified atom stereocenters. The van der Waals surface area contributed by atoms with Crippen molar-refractivity contribution in [3.05, 3.63) is 72.0 Å². The molecule has 0 aliphatic heterocycles. The summed E-state index contributed by atoms with van der Waals surface area (Å²) in [6.45, 7) is 4.49. The highest BCUT2D eigenvalue weighted by atomic mass is 16.5. The minimum Gasteiger partial charge on any atom is -0.494 e. The molecule has 0 bridgehead atoms. The zero-order valence-corrected chi connectivity index (χ0v) is 14.4. The van der Waals surface area contributed by atoms with E-state index >= 15 is 0 Å². The Balaban J connectivity index is 1.61. The van der Waals surface area contributed by atoms with E-state index in [1.807, 2.05) is 68.4 Å². The maximum atomic E-state index is 12.1. The first kappa shape index (κ1) is 16.8. The van der Waals surface area contributed by atoms with Gasteiger partial charge >= 0.3 is 0 Å². The van der Waals surface area contributed by atoms with Crippen LogP contribution < -0.4 is 10.1 Å². The first-order chi connectivity index (χ1) is 12.2. The molecule has 0 aliphatic rings. The van der Waals surface area contributed by atoms with E-state index in [1.54, 1.807) is 6.08 Å². The van der Waals surface area contributed by atoms with Gasteiger partial charge in [0.15, 0.2) is 0 Å².